The summed E-state index contributed by atoms with van der Waals surface area (Å²) in [4.78, 5) is 10.6. The maximum absolute atomic E-state index is 13.0. The summed E-state index contributed by atoms with van der Waals surface area (Å²) < 4.78 is 51.4. The third kappa shape index (κ3) is 3.33. The molecule has 120 valence electrons. The third-order valence-corrected chi connectivity index (χ3v) is 5.22. The highest BCUT2D eigenvalue weighted by atomic mass is 32.2. The highest BCUT2D eigenvalue weighted by Crippen LogP contribution is 2.55. The molecule has 8 heteroatoms. The molecular weight excluding hydrogens is 316 g/mol. The fraction of sp³-hybridized carbons (Fsp3) is 0.357. The fourth-order valence-corrected chi connectivity index (χ4v) is 3.50. The Morgan fingerprint density at radius 2 is 1.95 bits per heavy atom. The van der Waals surface area contributed by atoms with Gasteiger partial charge in [0.2, 0.25) is 10.0 Å². The average molecular weight is 331 g/mol. The highest BCUT2D eigenvalue weighted by molar-refractivity contribution is 7.89. The lowest BCUT2D eigenvalue weighted by Crippen LogP contribution is -2.35. The van der Waals surface area contributed by atoms with Crippen LogP contribution in [0.15, 0.2) is 41.8 Å². The van der Waals surface area contributed by atoms with Crippen LogP contribution in [0, 0.1) is 0 Å². The van der Waals surface area contributed by atoms with Crippen LogP contribution in [-0.4, -0.2) is 42.8 Å². The van der Waals surface area contributed by atoms with Crippen LogP contribution in [0.4, 0.5) is 8.78 Å². The number of sulfonamides is 1. The number of benzene rings is 1. The van der Waals surface area contributed by atoms with Crippen LogP contribution in [0.3, 0.4) is 0 Å². The topological polar surface area (TPSA) is 74.7 Å². The second-order valence-electron chi connectivity index (χ2n) is 5.07. The Morgan fingerprint density at radius 3 is 2.36 bits per heavy atom. The third-order valence-electron chi connectivity index (χ3n) is 3.39. The first-order valence-electron chi connectivity index (χ1n) is 6.49. The molecule has 2 rings (SSSR count). The molecule has 0 amide bonds. The summed E-state index contributed by atoms with van der Waals surface area (Å²) in [6.07, 6.45) is 1.04. The lowest BCUT2D eigenvalue weighted by Gasteiger charge is -2.18. The molecule has 0 spiro atoms. The van der Waals surface area contributed by atoms with Crippen molar-refractivity contribution in [2.24, 2.45) is 0 Å². The lowest BCUT2D eigenvalue weighted by atomic mass is 10.1. The smallest absolute Gasteiger partial charge is 0.318 e. The minimum atomic E-state index is -4.02. The van der Waals surface area contributed by atoms with Gasteiger partial charge >= 0.3 is 5.97 Å². The molecule has 1 aliphatic rings. The summed E-state index contributed by atoms with van der Waals surface area (Å²) >= 11 is 0. The SMILES string of the molecule is C=CCN(CC(=O)O)S(=O)(=O)c1ccc(C2CC2(F)F)cc1. The van der Waals surface area contributed by atoms with E-state index < -0.39 is 34.4 Å². The van der Waals surface area contributed by atoms with Gasteiger partial charge in [-0.05, 0) is 17.7 Å². The molecule has 1 aromatic rings. The van der Waals surface area contributed by atoms with Gasteiger partial charge in [-0.3, -0.25) is 4.79 Å². The highest BCUT2D eigenvalue weighted by Gasteiger charge is 2.57. The molecule has 0 heterocycles. The molecule has 0 aliphatic heterocycles. The number of carboxylic acids is 1. The zero-order chi connectivity index (χ0) is 16.5. The Kier molecular flexibility index (Phi) is 4.35. The van der Waals surface area contributed by atoms with E-state index in [9.17, 15) is 22.0 Å². The Balaban J connectivity index is 2.24. The van der Waals surface area contributed by atoms with Crippen molar-refractivity contribution in [3.8, 4) is 0 Å². The van der Waals surface area contributed by atoms with E-state index in [0.717, 1.165) is 4.31 Å². The monoisotopic (exact) mass is 331 g/mol. The van der Waals surface area contributed by atoms with E-state index >= 15 is 0 Å². The molecule has 22 heavy (non-hydrogen) atoms. The first-order valence-corrected chi connectivity index (χ1v) is 7.93. The summed E-state index contributed by atoms with van der Waals surface area (Å²) in [7, 11) is -4.02. The molecule has 0 radical (unpaired) electrons. The number of alkyl halides is 2. The van der Waals surface area contributed by atoms with E-state index in [-0.39, 0.29) is 17.9 Å². The number of hydrogen-bond donors (Lipinski definition) is 1. The molecule has 0 saturated heterocycles. The standard InChI is InChI=1S/C14H15F2NO4S/c1-2-7-17(9-13(18)19)22(20,21)11-5-3-10(4-6-11)12-8-14(12,15)16/h2-6,12H,1,7-9H2,(H,18,19). The van der Waals surface area contributed by atoms with Gasteiger partial charge in [0.15, 0.2) is 0 Å². The van der Waals surface area contributed by atoms with Gasteiger partial charge in [-0.25, -0.2) is 17.2 Å². The van der Waals surface area contributed by atoms with E-state index in [0.29, 0.717) is 5.56 Å². The molecule has 1 unspecified atom stereocenters. The Hall–Kier alpha value is -1.80. The largest absolute Gasteiger partial charge is 0.480 e. The zero-order valence-electron chi connectivity index (χ0n) is 11.6. The number of aliphatic carboxylic acids is 1. The molecule has 1 saturated carbocycles. The normalized spacial score (nSPS) is 19.9. The molecule has 0 bridgehead atoms. The molecule has 1 fully saturated rings. The summed E-state index contributed by atoms with van der Waals surface area (Å²) in [5.41, 5.74) is 0.373. The molecule has 0 aromatic heterocycles. The Morgan fingerprint density at radius 1 is 1.41 bits per heavy atom. The van der Waals surface area contributed by atoms with Crippen molar-refractivity contribution in [1.82, 2.24) is 4.31 Å². The van der Waals surface area contributed by atoms with E-state index in [4.69, 9.17) is 5.11 Å². The maximum Gasteiger partial charge on any atom is 0.318 e. The summed E-state index contributed by atoms with van der Waals surface area (Å²) in [6.45, 7) is 2.54. The van der Waals surface area contributed by atoms with Gasteiger partial charge in [0.1, 0.15) is 6.54 Å². The van der Waals surface area contributed by atoms with Gasteiger partial charge < -0.3 is 5.11 Å². The number of carboxylic acid groups (broad SMARTS) is 1. The Labute approximate surface area is 126 Å². The van der Waals surface area contributed by atoms with E-state index in [1.165, 1.54) is 30.3 Å². The number of rotatable bonds is 7. The van der Waals surface area contributed by atoms with Crippen LogP contribution in [0.1, 0.15) is 17.9 Å². The lowest BCUT2D eigenvalue weighted by molar-refractivity contribution is -0.137. The quantitative estimate of drug-likeness (QED) is 0.776. The van der Waals surface area contributed by atoms with E-state index in [1.54, 1.807) is 0 Å². The number of carbonyl (C=O) groups is 1. The van der Waals surface area contributed by atoms with Crippen molar-refractivity contribution in [3.05, 3.63) is 42.5 Å². The van der Waals surface area contributed by atoms with E-state index in [2.05, 4.69) is 6.58 Å². The van der Waals surface area contributed by atoms with Crippen molar-refractivity contribution in [2.75, 3.05) is 13.1 Å². The molecule has 1 aromatic carbocycles. The maximum atomic E-state index is 13.0. The minimum Gasteiger partial charge on any atom is -0.480 e. The van der Waals surface area contributed by atoms with Gasteiger partial charge in [0.25, 0.3) is 5.92 Å². The van der Waals surface area contributed by atoms with Crippen molar-refractivity contribution in [3.63, 3.8) is 0 Å². The first kappa shape index (κ1) is 16.6. The summed E-state index contributed by atoms with van der Waals surface area (Å²) in [6, 6.07) is 5.12. The van der Waals surface area contributed by atoms with Gasteiger partial charge in [-0.1, -0.05) is 18.2 Å². The van der Waals surface area contributed by atoms with Gasteiger partial charge in [-0.2, -0.15) is 4.31 Å². The van der Waals surface area contributed by atoms with E-state index in [1.807, 2.05) is 0 Å². The van der Waals surface area contributed by atoms with Crippen LogP contribution in [-0.2, 0) is 14.8 Å². The predicted molar refractivity (Wildman–Crippen MR) is 75.3 cm³/mol. The zero-order valence-corrected chi connectivity index (χ0v) is 12.4. The second kappa shape index (κ2) is 5.77. The predicted octanol–water partition coefficient (Wildman–Crippen LogP) is 2.07. The van der Waals surface area contributed by atoms with Crippen LogP contribution < -0.4 is 0 Å². The van der Waals surface area contributed by atoms with Gasteiger partial charge in [0.05, 0.1) is 10.8 Å². The van der Waals surface area contributed by atoms with Crippen LogP contribution in [0.5, 0.6) is 0 Å². The number of hydrogen-bond acceptors (Lipinski definition) is 3. The molecule has 1 atom stereocenters. The van der Waals surface area contributed by atoms with Gasteiger partial charge in [0, 0.05) is 13.0 Å². The summed E-state index contributed by atoms with van der Waals surface area (Å²) in [5, 5.41) is 8.78. The van der Waals surface area contributed by atoms with Crippen LogP contribution in [0.2, 0.25) is 0 Å². The van der Waals surface area contributed by atoms with Crippen molar-refractivity contribution in [2.45, 2.75) is 23.2 Å². The van der Waals surface area contributed by atoms with Crippen molar-refractivity contribution < 1.29 is 27.1 Å². The van der Waals surface area contributed by atoms with Crippen molar-refractivity contribution >= 4 is 16.0 Å². The van der Waals surface area contributed by atoms with Crippen LogP contribution >= 0.6 is 0 Å². The fourth-order valence-electron chi connectivity index (χ4n) is 2.14. The second-order valence-corrected chi connectivity index (χ2v) is 7.00. The summed E-state index contributed by atoms with van der Waals surface area (Å²) in [5.74, 6) is -4.88. The Bertz CT molecular complexity index is 685. The number of nitrogens with zero attached hydrogens (tertiary/aromatic N) is 1. The average Bonchev–Trinajstić information content (AvgIpc) is 3.07. The molecule has 1 aliphatic carbocycles. The molecule has 5 nitrogen and oxygen atoms in total. The minimum absolute atomic E-state index is 0.136. The van der Waals surface area contributed by atoms with Crippen LogP contribution in [0.25, 0.3) is 0 Å². The van der Waals surface area contributed by atoms with Crippen molar-refractivity contribution in [1.29, 1.82) is 0 Å². The molecular formula is C14H15F2NO4S. The molecule has 1 N–H and O–H groups in total. The van der Waals surface area contributed by atoms with Gasteiger partial charge in [-0.15, -0.1) is 6.58 Å². The number of halogens is 2. The first-order chi connectivity index (χ1) is 10.2.